The molecule has 0 aliphatic carbocycles. The van der Waals surface area contributed by atoms with Gasteiger partial charge in [0.1, 0.15) is 0 Å². The van der Waals surface area contributed by atoms with Gasteiger partial charge in [-0.15, -0.1) is 11.8 Å². The molecule has 21 heavy (non-hydrogen) atoms. The molecular weight excluding hydrogens is 282 g/mol. The largest absolute Gasteiger partial charge is 0.345 e. The molecule has 2 N–H and O–H groups in total. The van der Waals surface area contributed by atoms with Crippen LogP contribution in [-0.4, -0.2) is 21.6 Å². The summed E-state index contributed by atoms with van der Waals surface area (Å²) in [5.41, 5.74) is 3.12. The Morgan fingerprint density at radius 3 is 2.81 bits per heavy atom. The number of benzene rings is 2. The molecule has 0 saturated carbocycles. The SMILES string of the molecule is CCSc1ccc(NC(=O)c2ccc3nc[nH]c3c2)cc1. The molecule has 0 aliphatic heterocycles. The van der Waals surface area contributed by atoms with Crippen LogP contribution >= 0.6 is 11.8 Å². The van der Waals surface area contributed by atoms with E-state index in [9.17, 15) is 4.79 Å². The maximum absolute atomic E-state index is 12.2. The number of rotatable bonds is 4. The van der Waals surface area contributed by atoms with Gasteiger partial charge in [0.2, 0.25) is 0 Å². The maximum Gasteiger partial charge on any atom is 0.255 e. The molecule has 106 valence electrons. The number of anilines is 1. The zero-order chi connectivity index (χ0) is 14.7. The van der Waals surface area contributed by atoms with Gasteiger partial charge in [0.25, 0.3) is 5.91 Å². The van der Waals surface area contributed by atoms with Crippen LogP contribution in [0.4, 0.5) is 5.69 Å². The molecule has 4 nitrogen and oxygen atoms in total. The lowest BCUT2D eigenvalue weighted by molar-refractivity contribution is 0.102. The molecule has 0 atom stereocenters. The predicted molar refractivity (Wildman–Crippen MR) is 86.9 cm³/mol. The van der Waals surface area contributed by atoms with E-state index in [1.54, 1.807) is 30.2 Å². The Morgan fingerprint density at radius 1 is 1.24 bits per heavy atom. The fourth-order valence-electron chi connectivity index (χ4n) is 2.08. The van der Waals surface area contributed by atoms with E-state index < -0.39 is 0 Å². The van der Waals surface area contributed by atoms with Crippen LogP contribution in [-0.2, 0) is 0 Å². The van der Waals surface area contributed by atoms with Crippen molar-refractivity contribution in [1.82, 2.24) is 9.97 Å². The molecule has 0 bridgehead atoms. The summed E-state index contributed by atoms with van der Waals surface area (Å²) in [5, 5.41) is 2.90. The molecule has 3 aromatic rings. The van der Waals surface area contributed by atoms with Gasteiger partial charge >= 0.3 is 0 Å². The van der Waals surface area contributed by atoms with Gasteiger partial charge in [0.05, 0.1) is 17.4 Å². The van der Waals surface area contributed by atoms with E-state index in [2.05, 4.69) is 22.2 Å². The number of nitrogens with one attached hydrogen (secondary N) is 2. The first-order valence-corrected chi connectivity index (χ1v) is 7.72. The topological polar surface area (TPSA) is 57.8 Å². The minimum absolute atomic E-state index is 0.123. The number of amides is 1. The lowest BCUT2D eigenvalue weighted by atomic mass is 10.2. The van der Waals surface area contributed by atoms with Gasteiger partial charge in [-0.2, -0.15) is 0 Å². The molecule has 1 amide bonds. The number of fused-ring (bicyclic) bond motifs is 1. The Morgan fingerprint density at radius 2 is 2.05 bits per heavy atom. The van der Waals surface area contributed by atoms with Gasteiger partial charge in [0.15, 0.2) is 0 Å². The molecular formula is C16H15N3OS. The second-order valence-corrected chi connectivity index (χ2v) is 5.88. The lowest BCUT2D eigenvalue weighted by Gasteiger charge is -2.06. The Labute approximate surface area is 127 Å². The highest BCUT2D eigenvalue weighted by atomic mass is 32.2. The quantitative estimate of drug-likeness (QED) is 0.717. The summed E-state index contributed by atoms with van der Waals surface area (Å²) in [4.78, 5) is 20.6. The number of thioether (sulfide) groups is 1. The molecule has 0 radical (unpaired) electrons. The van der Waals surface area contributed by atoms with E-state index in [0.717, 1.165) is 22.5 Å². The van der Waals surface area contributed by atoms with Gasteiger partial charge in [-0.05, 0) is 48.2 Å². The van der Waals surface area contributed by atoms with E-state index >= 15 is 0 Å². The van der Waals surface area contributed by atoms with E-state index in [0.29, 0.717) is 5.56 Å². The average molecular weight is 297 g/mol. The molecule has 0 spiro atoms. The van der Waals surface area contributed by atoms with Crippen molar-refractivity contribution >= 4 is 34.4 Å². The monoisotopic (exact) mass is 297 g/mol. The number of H-pyrrole nitrogens is 1. The third-order valence-electron chi connectivity index (χ3n) is 3.11. The summed E-state index contributed by atoms with van der Waals surface area (Å²) >= 11 is 1.78. The van der Waals surface area contributed by atoms with Gasteiger partial charge in [0, 0.05) is 16.1 Å². The number of carbonyl (C=O) groups excluding carboxylic acids is 1. The molecule has 1 heterocycles. The van der Waals surface area contributed by atoms with E-state index in [4.69, 9.17) is 0 Å². The maximum atomic E-state index is 12.2. The number of hydrogen-bond acceptors (Lipinski definition) is 3. The van der Waals surface area contributed by atoms with E-state index in [1.807, 2.05) is 30.3 Å². The van der Waals surface area contributed by atoms with Crippen LogP contribution in [0.2, 0.25) is 0 Å². The standard InChI is InChI=1S/C16H15N3OS/c1-2-21-13-6-4-12(5-7-13)19-16(20)11-3-8-14-15(9-11)18-10-17-14/h3-10H,2H2,1H3,(H,17,18)(H,19,20). The molecule has 0 unspecified atom stereocenters. The molecule has 1 aromatic heterocycles. The second kappa shape index (κ2) is 6.01. The van der Waals surface area contributed by atoms with Crippen LogP contribution in [0, 0.1) is 0 Å². The third-order valence-corrected chi connectivity index (χ3v) is 4.00. The number of hydrogen-bond donors (Lipinski definition) is 2. The van der Waals surface area contributed by atoms with Crippen molar-refractivity contribution in [3.8, 4) is 0 Å². The predicted octanol–water partition coefficient (Wildman–Crippen LogP) is 3.93. The number of imidazole rings is 1. The van der Waals surface area contributed by atoms with Crippen molar-refractivity contribution < 1.29 is 4.79 Å². The molecule has 3 rings (SSSR count). The van der Waals surface area contributed by atoms with Gasteiger partial charge in [-0.3, -0.25) is 4.79 Å². The Bertz CT molecular complexity index is 765. The Balaban J connectivity index is 1.75. The first-order valence-electron chi connectivity index (χ1n) is 6.73. The summed E-state index contributed by atoms with van der Waals surface area (Å²) in [6, 6.07) is 13.3. The Kier molecular flexibility index (Phi) is 3.92. The minimum Gasteiger partial charge on any atom is -0.345 e. The molecule has 2 aromatic carbocycles. The Hall–Kier alpha value is -2.27. The van der Waals surface area contributed by atoms with Crippen molar-refractivity contribution in [3.63, 3.8) is 0 Å². The van der Waals surface area contributed by atoms with Gasteiger partial charge in [-0.1, -0.05) is 6.92 Å². The van der Waals surface area contributed by atoms with Crippen LogP contribution in [0.3, 0.4) is 0 Å². The molecule has 0 aliphatic rings. The third kappa shape index (κ3) is 3.08. The van der Waals surface area contributed by atoms with Crippen molar-refractivity contribution in [3.05, 3.63) is 54.4 Å². The zero-order valence-electron chi connectivity index (χ0n) is 11.6. The highest BCUT2D eigenvalue weighted by Gasteiger charge is 2.07. The van der Waals surface area contributed by atoms with Crippen LogP contribution in [0.15, 0.2) is 53.7 Å². The fourth-order valence-corrected chi connectivity index (χ4v) is 2.74. The van der Waals surface area contributed by atoms with Crippen LogP contribution in [0.5, 0.6) is 0 Å². The number of carbonyl (C=O) groups is 1. The summed E-state index contributed by atoms with van der Waals surface area (Å²) in [7, 11) is 0. The molecule has 5 heteroatoms. The summed E-state index contributed by atoms with van der Waals surface area (Å²) in [5.74, 6) is 0.915. The second-order valence-electron chi connectivity index (χ2n) is 4.55. The van der Waals surface area contributed by atoms with Crippen molar-refractivity contribution in [2.45, 2.75) is 11.8 Å². The summed E-state index contributed by atoms with van der Waals surface area (Å²) in [6.07, 6.45) is 1.62. The number of aromatic nitrogens is 2. The lowest BCUT2D eigenvalue weighted by Crippen LogP contribution is -2.11. The normalized spacial score (nSPS) is 10.7. The van der Waals surface area contributed by atoms with E-state index in [1.165, 1.54) is 4.90 Å². The minimum atomic E-state index is -0.123. The summed E-state index contributed by atoms with van der Waals surface area (Å²) in [6.45, 7) is 2.12. The van der Waals surface area contributed by atoms with Crippen molar-refractivity contribution in [1.29, 1.82) is 0 Å². The summed E-state index contributed by atoms with van der Waals surface area (Å²) < 4.78 is 0. The smallest absolute Gasteiger partial charge is 0.255 e. The van der Waals surface area contributed by atoms with Crippen molar-refractivity contribution in [2.24, 2.45) is 0 Å². The number of aromatic amines is 1. The first-order chi connectivity index (χ1) is 10.3. The van der Waals surface area contributed by atoms with Crippen molar-refractivity contribution in [2.75, 3.05) is 11.1 Å². The highest BCUT2D eigenvalue weighted by molar-refractivity contribution is 7.99. The van der Waals surface area contributed by atoms with Crippen LogP contribution in [0.25, 0.3) is 11.0 Å². The first kappa shape index (κ1) is 13.7. The zero-order valence-corrected chi connectivity index (χ0v) is 12.4. The van der Waals surface area contributed by atoms with E-state index in [-0.39, 0.29) is 5.91 Å². The van der Waals surface area contributed by atoms with Crippen LogP contribution < -0.4 is 5.32 Å². The number of nitrogens with zero attached hydrogens (tertiary/aromatic N) is 1. The average Bonchev–Trinajstić information content (AvgIpc) is 2.97. The van der Waals surface area contributed by atoms with Crippen LogP contribution in [0.1, 0.15) is 17.3 Å². The van der Waals surface area contributed by atoms with Gasteiger partial charge in [-0.25, -0.2) is 4.98 Å². The highest BCUT2D eigenvalue weighted by Crippen LogP contribution is 2.20. The fraction of sp³-hybridized carbons (Fsp3) is 0.125. The molecule has 0 fully saturated rings. The molecule has 0 saturated heterocycles. The van der Waals surface area contributed by atoms with Gasteiger partial charge < -0.3 is 10.3 Å².